The van der Waals surface area contributed by atoms with E-state index in [4.69, 9.17) is 14.2 Å². The number of carbonyl (C=O) groups is 1. The van der Waals surface area contributed by atoms with Gasteiger partial charge in [-0.3, -0.25) is 0 Å². The Morgan fingerprint density at radius 2 is 2.05 bits per heavy atom. The van der Waals surface area contributed by atoms with Gasteiger partial charge >= 0.3 is 5.97 Å². The van der Waals surface area contributed by atoms with Crippen LogP contribution in [0.2, 0.25) is 0 Å². The van der Waals surface area contributed by atoms with E-state index in [0.717, 1.165) is 0 Å². The van der Waals surface area contributed by atoms with E-state index in [1.165, 1.54) is 13.8 Å². The van der Waals surface area contributed by atoms with Crippen LogP contribution in [0.4, 0.5) is 0 Å². The maximum atomic E-state index is 11.8. The van der Waals surface area contributed by atoms with Gasteiger partial charge in [0.15, 0.2) is 12.1 Å². The lowest BCUT2D eigenvalue weighted by atomic mass is 10.2. The molecule has 6 nitrogen and oxygen atoms in total. The number of aliphatic hydroxyl groups is 2. The Hall–Kier alpha value is -1.47. The van der Waals surface area contributed by atoms with Crippen LogP contribution in [0, 0.1) is 0 Å². The fraction of sp³-hybridized carbons (Fsp3) is 0.533. The minimum atomic E-state index is -1.35. The first-order chi connectivity index (χ1) is 9.85. The highest BCUT2D eigenvalue weighted by molar-refractivity contribution is 5.89. The molecule has 0 aromatic heterocycles. The number of benzene rings is 1. The third kappa shape index (κ3) is 4.78. The number of aliphatic hydroxyl groups excluding tert-OH is 1. The van der Waals surface area contributed by atoms with Crippen molar-refractivity contribution in [1.82, 2.24) is 0 Å². The topological polar surface area (TPSA) is 85.2 Å². The fourth-order valence-corrected chi connectivity index (χ4v) is 2.05. The molecular weight excluding hydrogens is 276 g/mol. The van der Waals surface area contributed by atoms with Crippen LogP contribution >= 0.6 is 0 Å². The van der Waals surface area contributed by atoms with Gasteiger partial charge in [0.25, 0.3) is 0 Å². The minimum absolute atomic E-state index is 0.0688. The molecule has 1 aromatic rings. The summed E-state index contributed by atoms with van der Waals surface area (Å²) >= 11 is 0. The molecule has 0 aliphatic carbocycles. The average Bonchev–Trinajstić information content (AvgIpc) is 2.74. The molecule has 1 aliphatic heterocycles. The van der Waals surface area contributed by atoms with Gasteiger partial charge in [0.1, 0.15) is 12.7 Å². The lowest BCUT2D eigenvalue weighted by Crippen LogP contribution is -2.31. The molecule has 1 saturated heterocycles. The van der Waals surface area contributed by atoms with Crippen molar-refractivity contribution < 1.29 is 29.2 Å². The van der Waals surface area contributed by atoms with Gasteiger partial charge in [-0.2, -0.15) is 0 Å². The van der Waals surface area contributed by atoms with Crippen molar-refractivity contribution in [3.8, 4) is 0 Å². The van der Waals surface area contributed by atoms with Gasteiger partial charge < -0.3 is 24.4 Å². The molecule has 1 heterocycles. The van der Waals surface area contributed by atoms with E-state index < -0.39 is 30.3 Å². The molecule has 3 atom stereocenters. The second-order valence-electron chi connectivity index (χ2n) is 5.44. The van der Waals surface area contributed by atoms with E-state index in [1.807, 2.05) is 0 Å². The molecule has 6 heteroatoms. The molecule has 1 fully saturated rings. The molecule has 21 heavy (non-hydrogen) atoms. The monoisotopic (exact) mass is 296 g/mol. The number of carbonyl (C=O) groups excluding carboxylic acids is 1. The van der Waals surface area contributed by atoms with Crippen LogP contribution in [-0.4, -0.2) is 47.1 Å². The van der Waals surface area contributed by atoms with E-state index in [2.05, 4.69) is 0 Å². The Balaban J connectivity index is 1.82. The molecule has 0 saturated carbocycles. The summed E-state index contributed by atoms with van der Waals surface area (Å²) in [6, 6.07) is 8.58. The second-order valence-corrected chi connectivity index (χ2v) is 5.44. The van der Waals surface area contributed by atoms with E-state index >= 15 is 0 Å². The average molecular weight is 296 g/mol. The number of rotatable bonds is 5. The quantitative estimate of drug-likeness (QED) is 0.624. The summed E-state index contributed by atoms with van der Waals surface area (Å²) in [7, 11) is 0. The van der Waals surface area contributed by atoms with Crippen molar-refractivity contribution in [2.45, 2.75) is 44.6 Å². The Labute approximate surface area is 123 Å². The summed E-state index contributed by atoms with van der Waals surface area (Å²) in [5.41, 5.74) is 0.439. The van der Waals surface area contributed by atoms with Crippen LogP contribution < -0.4 is 0 Å². The molecular formula is C15H20O6. The molecule has 116 valence electrons. The Morgan fingerprint density at radius 3 is 2.67 bits per heavy atom. The number of esters is 1. The number of ether oxygens (including phenoxy) is 3. The third-order valence-electron chi connectivity index (χ3n) is 3.00. The van der Waals surface area contributed by atoms with E-state index in [-0.39, 0.29) is 13.0 Å². The van der Waals surface area contributed by atoms with Crippen LogP contribution in [0.25, 0.3) is 0 Å². The summed E-state index contributed by atoms with van der Waals surface area (Å²) in [6.07, 6.45) is -1.97. The van der Waals surface area contributed by atoms with Crippen molar-refractivity contribution in [2.24, 2.45) is 0 Å². The van der Waals surface area contributed by atoms with Gasteiger partial charge in [-0.05, 0) is 26.0 Å². The van der Waals surface area contributed by atoms with Crippen molar-refractivity contribution in [3.05, 3.63) is 35.9 Å². The van der Waals surface area contributed by atoms with Crippen LogP contribution in [0.5, 0.6) is 0 Å². The van der Waals surface area contributed by atoms with Crippen LogP contribution in [0.3, 0.4) is 0 Å². The van der Waals surface area contributed by atoms with Gasteiger partial charge in [-0.1, -0.05) is 18.2 Å². The van der Waals surface area contributed by atoms with Crippen LogP contribution in [0.15, 0.2) is 30.3 Å². The number of hydrogen-bond donors (Lipinski definition) is 2. The Kier molecular flexibility index (Phi) is 4.95. The zero-order valence-electron chi connectivity index (χ0n) is 12.1. The zero-order chi connectivity index (χ0) is 15.5. The summed E-state index contributed by atoms with van der Waals surface area (Å²) in [4.78, 5) is 11.8. The normalized spacial score (nSPS) is 25.8. The summed E-state index contributed by atoms with van der Waals surface area (Å²) < 4.78 is 15.8. The largest absolute Gasteiger partial charge is 0.459 e. The van der Waals surface area contributed by atoms with Crippen molar-refractivity contribution in [3.63, 3.8) is 0 Å². The summed E-state index contributed by atoms with van der Waals surface area (Å²) in [5.74, 6) is -1.82. The van der Waals surface area contributed by atoms with Crippen molar-refractivity contribution in [2.75, 3.05) is 6.61 Å². The Bertz CT molecular complexity index is 467. The molecule has 1 aromatic carbocycles. The zero-order valence-corrected chi connectivity index (χ0v) is 12.1. The molecule has 0 bridgehead atoms. The van der Waals surface area contributed by atoms with Gasteiger partial charge in [-0.15, -0.1) is 0 Å². The SMILES string of the molecule is CC(C)(O)O[C@@H]1CC(O)[C@@H](COC(=O)c2ccccc2)O1. The van der Waals surface area contributed by atoms with Gasteiger partial charge in [-0.25, -0.2) is 4.79 Å². The predicted molar refractivity (Wildman–Crippen MR) is 73.4 cm³/mol. The van der Waals surface area contributed by atoms with E-state index in [1.54, 1.807) is 30.3 Å². The molecule has 2 N–H and O–H groups in total. The molecule has 2 rings (SSSR count). The fourth-order valence-electron chi connectivity index (χ4n) is 2.05. The smallest absolute Gasteiger partial charge is 0.338 e. The van der Waals surface area contributed by atoms with Crippen molar-refractivity contribution >= 4 is 5.97 Å². The van der Waals surface area contributed by atoms with Gasteiger partial charge in [0, 0.05) is 6.42 Å². The second kappa shape index (κ2) is 6.53. The first kappa shape index (κ1) is 15.9. The highest BCUT2D eigenvalue weighted by Crippen LogP contribution is 2.25. The van der Waals surface area contributed by atoms with Crippen molar-refractivity contribution in [1.29, 1.82) is 0 Å². The van der Waals surface area contributed by atoms with Crippen LogP contribution in [-0.2, 0) is 14.2 Å². The highest BCUT2D eigenvalue weighted by Gasteiger charge is 2.37. The molecule has 0 amide bonds. The molecule has 1 aliphatic rings. The van der Waals surface area contributed by atoms with E-state index in [0.29, 0.717) is 5.56 Å². The summed E-state index contributed by atoms with van der Waals surface area (Å²) in [6.45, 7) is 2.89. The molecule has 0 spiro atoms. The highest BCUT2D eigenvalue weighted by atomic mass is 16.8. The van der Waals surface area contributed by atoms with Gasteiger partial charge in [0.2, 0.25) is 0 Å². The lowest BCUT2D eigenvalue weighted by Gasteiger charge is -2.23. The molecule has 1 unspecified atom stereocenters. The molecule has 0 radical (unpaired) electrons. The standard InChI is InChI=1S/C15H20O6/c1-15(2,18)21-13-8-11(16)12(20-13)9-19-14(17)10-6-4-3-5-7-10/h3-7,11-13,16,18H,8-9H2,1-2H3/t11?,12-,13-/m1/s1. The third-order valence-corrected chi connectivity index (χ3v) is 3.00. The first-order valence-electron chi connectivity index (χ1n) is 6.81. The minimum Gasteiger partial charge on any atom is -0.459 e. The van der Waals surface area contributed by atoms with Gasteiger partial charge in [0.05, 0.1) is 11.7 Å². The lowest BCUT2D eigenvalue weighted by molar-refractivity contribution is -0.270. The van der Waals surface area contributed by atoms with E-state index in [9.17, 15) is 15.0 Å². The predicted octanol–water partition coefficient (Wildman–Crippen LogP) is 1.06. The Morgan fingerprint density at radius 1 is 1.38 bits per heavy atom. The maximum Gasteiger partial charge on any atom is 0.338 e. The summed E-state index contributed by atoms with van der Waals surface area (Å²) in [5, 5.41) is 19.4. The maximum absolute atomic E-state index is 11.8. The van der Waals surface area contributed by atoms with Crippen LogP contribution in [0.1, 0.15) is 30.6 Å². The number of hydrogen-bond acceptors (Lipinski definition) is 6. The first-order valence-corrected chi connectivity index (χ1v) is 6.81.